The highest BCUT2D eigenvalue weighted by molar-refractivity contribution is 6.84. The zero-order valence-electron chi connectivity index (χ0n) is 22.3. The predicted octanol–water partition coefficient (Wildman–Crippen LogP) is 7.83. The molecule has 180 valence electrons. The Hall–Kier alpha value is 0.314. The van der Waals surface area contributed by atoms with Gasteiger partial charge in [-0.3, -0.25) is 4.90 Å². The van der Waals surface area contributed by atoms with Crippen molar-refractivity contribution < 1.29 is 8.85 Å². The summed E-state index contributed by atoms with van der Waals surface area (Å²) in [7, 11) is -0.868. The molecule has 1 rings (SSSR count). The maximum absolute atomic E-state index is 6.84. The maximum Gasteiger partial charge on any atom is 0.173 e. The molecule has 0 N–H and O–H groups in total. The van der Waals surface area contributed by atoms with Gasteiger partial charge in [0.25, 0.3) is 0 Å². The van der Waals surface area contributed by atoms with Gasteiger partial charge in [-0.25, -0.2) is 0 Å². The minimum absolute atomic E-state index is 0.204. The van der Waals surface area contributed by atoms with Crippen LogP contribution in [0.2, 0.25) is 38.3 Å². The van der Waals surface area contributed by atoms with Crippen LogP contribution in [0.1, 0.15) is 92.4 Å². The van der Waals surface area contributed by atoms with Gasteiger partial charge in [-0.15, -0.1) is 0 Å². The minimum atomic E-state index is -1.60. The van der Waals surface area contributed by atoms with Crippen LogP contribution in [0.15, 0.2) is 0 Å². The lowest BCUT2D eigenvalue weighted by Gasteiger charge is -2.53. The SMILES string of the molecule is CCCCCCCC[Si](C)(C)O[Si](C)(C)CCCOC1CC(C)(C)N(C)C(C)(C)C1. The van der Waals surface area contributed by atoms with Crippen molar-refractivity contribution in [3.05, 3.63) is 0 Å². The van der Waals surface area contributed by atoms with Crippen molar-refractivity contribution in [3.63, 3.8) is 0 Å². The minimum Gasteiger partial charge on any atom is -0.455 e. The Morgan fingerprint density at radius 1 is 0.767 bits per heavy atom. The number of piperidine rings is 1. The first-order valence-corrected chi connectivity index (χ1v) is 19.0. The van der Waals surface area contributed by atoms with Crippen LogP contribution in [-0.2, 0) is 8.85 Å². The second-order valence-electron chi connectivity index (χ2n) is 12.3. The quantitative estimate of drug-likeness (QED) is 0.196. The zero-order valence-corrected chi connectivity index (χ0v) is 24.3. The standard InChI is InChI=1S/C25H55NO2Si2/c1-11-12-13-14-15-16-19-29(7,8)28-30(9,10)20-17-18-27-23-21-24(2,3)26(6)25(4,5)22-23/h23H,11-22H2,1-10H3. The summed E-state index contributed by atoms with van der Waals surface area (Å²) in [6.45, 7) is 22.3. The number of nitrogens with zero attached hydrogens (tertiary/aromatic N) is 1. The molecule has 0 unspecified atom stereocenters. The molecule has 1 heterocycles. The van der Waals surface area contributed by atoms with E-state index in [1.807, 2.05) is 0 Å². The van der Waals surface area contributed by atoms with Crippen LogP contribution in [0.25, 0.3) is 0 Å². The van der Waals surface area contributed by atoms with E-state index in [1.54, 1.807) is 0 Å². The molecule has 0 aromatic carbocycles. The summed E-state index contributed by atoms with van der Waals surface area (Å²) in [6.07, 6.45) is 12.1. The van der Waals surface area contributed by atoms with E-state index in [-0.39, 0.29) is 11.1 Å². The first-order valence-electron chi connectivity index (χ1n) is 12.8. The van der Waals surface area contributed by atoms with Crippen LogP contribution in [-0.4, -0.2) is 52.4 Å². The molecular formula is C25H55NO2Si2. The number of hydrogen-bond acceptors (Lipinski definition) is 3. The maximum atomic E-state index is 6.84. The third-order valence-corrected chi connectivity index (χ3v) is 14.8. The van der Waals surface area contributed by atoms with Gasteiger partial charge in [-0.1, -0.05) is 45.4 Å². The monoisotopic (exact) mass is 457 g/mol. The Bertz CT molecular complexity index is 474. The molecule has 0 saturated carbocycles. The van der Waals surface area contributed by atoms with Gasteiger partial charge in [0.05, 0.1) is 6.10 Å². The average molecular weight is 458 g/mol. The number of hydrogen-bond donors (Lipinski definition) is 0. The Morgan fingerprint density at radius 3 is 1.77 bits per heavy atom. The van der Waals surface area contributed by atoms with E-state index in [4.69, 9.17) is 8.85 Å². The predicted molar refractivity (Wildman–Crippen MR) is 139 cm³/mol. The normalized spacial score (nSPS) is 20.6. The van der Waals surface area contributed by atoms with Crippen molar-refractivity contribution in [2.75, 3.05) is 13.7 Å². The molecule has 0 atom stereocenters. The van der Waals surface area contributed by atoms with Gasteiger partial charge in [-0.05, 0) is 92.3 Å². The lowest BCUT2D eigenvalue weighted by atomic mass is 9.79. The van der Waals surface area contributed by atoms with E-state index in [2.05, 4.69) is 72.8 Å². The Balaban J connectivity index is 2.32. The van der Waals surface area contributed by atoms with Crippen molar-refractivity contribution in [1.29, 1.82) is 0 Å². The van der Waals surface area contributed by atoms with Crippen molar-refractivity contribution in [2.45, 2.75) is 148 Å². The fraction of sp³-hybridized carbons (Fsp3) is 1.00. The highest BCUT2D eigenvalue weighted by Crippen LogP contribution is 2.38. The Kier molecular flexibility index (Phi) is 11.3. The van der Waals surface area contributed by atoms with Crippen LogP contribution >= 0.6 is 0 Å². The molecule has 30 heavy (non-hydrogen) atoms. The molecule has 0 radical (unpaired) electrons. The molecule has 5 heteroatoms. The largest absolute Gasteiger partial charge is 0.455 e. The van der Waals surface area contributed by atoms with Crippen LogP contribution in [0.5, 0.6) is 0 Å². The smallest absolute Gasteiger partial charge is 0.173 e. The zero-order chi connectivity index (χ0) is 23.1. The molecule has 1 fully saturated rings. The summed E-state index contributed by atoms with van der Waals surface area (Å²) in [5, 5.41) is 0. The van der Waals surface area contributed by atoms with E-state index >= 15 is 0 Å². The third kappa shape index (κ3) is 10.3. The number of rotatable bonds is 14. The van der Waals surface area contributed by atoms with Crippen molar-refractivity contribution in [2.24, 2.45) is 0 Å². The highest BCUT2D eigenvalue weighted by atomic mass is 28.4. The van der Waals surface area contributed by atoms with E-state index in [9.17, 15) is 0 Å². The van der Waals surface area contributed by atoms with Crippen molar-refractivity contribution in [1.82, 2.24) is 4.90 Å². The van der Waals surface area contributed by atoms with Crippen molar-refractivity contribution >= 4 is 16.6 Å². The Labute approximate surface area is 191 Å². The van der Waals surface area contributed by atoms with Crippen LogP contribution in [0.4, 0.5) is 0 Å². The van der Waals surface area contributed by atoms with Gasteiger partial charge in [0.15, 0.2) is 16.6 Å². The molecule has 0 aromatic heterocycles. The van der Waals surface area contributed by atoms with E-state index in [1.165, 1.54) is 50.6 Å². The second-order valence-corrected chi connectivity index (χ2v) is 21.2. The van der Waals surface area contributed by atoms with Crippen LogP contribution in [0, 0.1) is 0 Å². The van der Waals surface area contributed by atoms with Gasteiger partial charge in [0.2, 0.25) is 0 Å². The van der Waals surface area contributed by atoms with Crippen LogP contribution < -0.4 is 0 Å². The van der Waals surface area contributed by atoms with Gasteiger partial charge in [0.1, 0.15) is 0 Å². The number of unbranched alkanes of at least 4 members (excludes halogenated alkanes) is 5. The van der Waals surface area contributed by atoms with Crippen LogP contribution in [0.3, 0.4) is 0 Å². The fourth-order valence-electron chi connectivity index (χ4n) is 5.33. The molecule has 0 aliphatic carbocycles. The first-order chi connectivity index (χ1) is 13.7. The summed E-state index contributed by atoms with van der Waals surface area (Å²) in [5.74, 6) is 0. The molecule has 0 aromatic rings. The highest BCUT2D eigenvalue weighted by Gasteiger charge is 2.43. The average Bonchev–Trinajstić information content (AvgIpc) is 2.58. The van der Waals surface area contributed by atoms with Gasteiger partial charge < -0.3 is 8.85 Å². The molecule has 3 nitrogen and oxygen atoms in total. The Morgan fingerprint density at radius 2 is 1.23 bits per heavy atom. The summed E-state index contributed by atoms with van der Waals surface area (Å²) >= 11 is 0. The van der Waals surface area contributed by atoms with Crippen molar-refractivity contribution in [3.8, 4) is 0 Å². The third-order valence-electron chi connectivity index (χ3n) is 7.23. The topological polar surface area (TPSA) is 21.7 Å². The molecule has 0 amide bonds. The lowest BCUT2D eigenvalue weighted by Crippen LogP contribution is -2.60. The molecular weight excluding hydrogens is 402 g/mol. The summed E-state index contributed by atoms with van der Waals surface area (Å²) in [6, 6.07) is 2.55. The van der Waals surface area contributed by atoms with Gasteiger partial charge >= 0.3 is 0 Å². The fourth-order valence-corrected chi connectivity index (χ4v) is 14.2. The first kappa shape index (κ1) is 28.3. The molecule has 0 bridgehead atoms. The number of ether oxygens (including phenoxy) is 1. The summed E-state index contributed by atoms with van der Waals surface area (Å²) < 4.78 is 13.2. The van der Waals surface area contributed by atoms with Gasteiger partial charge in [0, 0.05) is 17.7 Å². The molecule has 1 aliphatic heterocycles. The summed E-state index contributed by atoms with van der Waals surface area (Å²) in [4.78, 5) is 2.53. The lowest BCUT2D eigenvalue weighted by molar-refractivity contribution is -0.0912. The summed E-state index contributed by atoms with van der Waals surface area (Å²) in [5.41, 5.74) is 0.408. The van der Waals surface area contributed by atoms with E-state index < -0.39 is 16.6 Å². The molecule has 0 spiro atoms. The van der Waals surface area contributed by atoms with Gasteiger partial charge in [-0.2, -0.15) is 0 Å². The second kappa shape index (κ2) is 12.0. The molecule has 1 aliphatic rings. The van der Waals surface area contributed by atoms with E-state index in [0.717, 1.165) is 25.9 Å². The number of likely N-dealkylation sites (tertiary alicyclic amines) is 1. The molecule has 1 saturated heterocycles. The van der Waals surface area contributed by atoms with E-state index in [0.29, 0.717) is 6.10 Å².